The van der Waals surface area contributed by atoms with Gasteiger partial charge in [0.15, 0.2) is 12.6 Å². The maximum Gasteiger partial charge on any atom is 0.246 e. The molecule has 2 fully saturated rings. The van der Waals surface area contributed by atoms with Gasteiger partial charge in [-0.1, -0.05) is 20.8 Å². The highest BCUT2D eigenvalue weighted by atomic mass is 32.2. The third-order valence-electron chi connectivity index (χ3n) is 5.87. The molecule has 2 aliphatic heterocycles. The molecule has 2 saturated heterocycles. The summed E-state index contributed by atoms with van der Waals surface area (Å²) in [5.41, 5.74) is -0.263. The van der Waals surface area contributed by atoms with Crippen molar-refractivity contribution in [2.75, 3.05) is 38.6 Å². The molecule has 228 valence electrons. The predicted octanol–water partition coefficient (Wildman–Crippen LogP) is -3.71. The lowest BCUT2D eigenvalue weighted by Gasteiger charge is -2.43. The minimum absolute atomic E-state index is 0.218. The summed E-state index contributed by atoms with van der Waals surface area (Å²) in [7, 11) is -1.40. The van der Waals surface area contributed by atoms with Gasteiger partial charge < -0.3 is 59.9 Å². The van der Waals surface area contributed by atoms with Crippen LogP contribution in [0.5, 0.6) is 0 Å². The van der Waals surface area contributed by atoms with E-state index in [2.05, 4.69) is 10.6 Å². The molecule has 2 heterocycles. The smallest absolute Gasteiger partial charge is 0.246 e. The number of carbonyl (C=O) groups excluding carboxylic acids is 2. The Hall–Kier alpha value is -1.31. The number of rotatable bonds is 12. The van der Waals surface area contributed by atoms with Gasteiger partial charge in [-0.15, -0.1) is 0 Å². The first-order valence-corrected chi connectivity index (χ1v) is 14.2. The van der Waals surface area contributed by atoms with Gasteiger partial charge in [-0.05, 0) is 5.41 Å². The van der Waals surface area contributed by atoms with Crippen LogP contribution >= 0.6 is 0 Å². The highest BCUT2D eigenvalue weighted by molar-refractivity contribution is 7.84. The topological polar surface area (TPSA) is 223 Å². The van der Waals surface area contributed by atoms with E-state index in [9.17, 15) is 39.3 Å². The largest absolute Gasteiger partial charge is 0.394 e. The standard InChI is InChI=1S/C23H42N2O13S/c1-11(27)24-15-19(31)18(30)13(38-21(15)35-9-23(2,3)4)7-34-8-14(28)25-16-20(32)17(29)12(6-26)37-22(16)36-10-39(5)33/h12-13,15-22,26,29-32H,6-10H2,1-5H3,(H,24,27)(H,25,28)/t12?,13?,15?,16?,17?,18-,19?,20?,21-,22?,39?/m1/s1. The molecule has 0 radical (unpaired) electrons. The molecular formula is C23H42N2O13S. The summed E-state index contributed by atoms with van der Waals surface area (Å²) in [5, 5.41) is 56.1. The summed E-state index contributed by atoms with van der Waals surface area (Å²) >= 11 is 0. The molecule has 0 aromatic heterocycles. The first kappa shape index (κ1) is 33.9. The van der Waals surface area contributed by atoms with Crippen LogP contribution in [0.15, 0.2) is 0 Å². The number of hydrogen-bond acceptors (Lipinski definition) is 13. The Kier molecular flexibility index (Phi) is 13.1. The summed E-state index contributed by atoms with van der Waals surface area (Å²) < 4.78 is 39.1. The van der Waals surface area contributed by atoms with Crippen LogP contribution in [0.25, 0.3) is 0 Å². The molecule has 0 aliphatic carbocycles. The van der Waals surface area contributed by atoms with Crippen molar-refractivity contribution in [1.29, 1.82) is 0 Å². The van der Waals surface area contributed by atoms with Gasteiger partial charge in [-0.3, -0.25) is 13.8 Å². The molecule has 11 atom stereocenters. The Morgan fingerprint density at radius 2 is 1.44 bits per heavy atom. The molecule has 0 spiro atoms. The SMILES string of the molecule is CC(=O)NC1C(O)[C@H](O)C(COCC(=O)NC2C(OCS(C)=O)OC(CO)C(O)C2O)O[C@H]1OCC(C)(C)C. The van der Waals surface area contributed by atoms with E-state index in [4.69, 9.17) is 23.7 Å². The maximum atomic E-state index is 12.6. The number of carbonyl (C=O) groups is 2. The molecule has 0 bridgehead atoms. The van der Waals surface area contributed by atoms with E-state index >= 15 is 0 Å². The van der Waals surface area contributed by atoms with Gasteiger partial charge in [0.25, 0.3) is 0 Å². The van der Waals surface area contributed by atoms with Crippen molar-refractivity contribution in [3.05, 3.63) is 0 Å². The number of ether oxygens (including phenoxy) is 5. The predicted molar refractivity (Wildman–Crippen MR) is 134 cm³/mol. The second kappa shape index (κ2) is 15.1. The fraction of sp³-hybridized carbons (Fsp3) is 0.913. The number of aliphatic hydroxyl groups excluding tert-OH is 5. The van der Waals surface area contributed by atoms with Gasteiger partial charge in [-0.2, -0.15) is 0 Å². The number of amides is 2. The fourth-order valence-corrected chi connectivity index (χ4v) is 4.29. The van der Waals surface area contributed by atoms with Crippen LogP contribution in [0, 0.1) is 5.41 Å². The third kappa shape index (κ3) is 10.2. The van der Waals surface area contributed by atoms with Crippen LogP contribution in [0.3, 0.4) is 0 Å². The van der Waals surface area contributed by atoms with E-state index in [1.807, 2.05) is 20.8 Å². The zero-order chi connectivity index (χ0) is 29.5. The molecule has 16 heteroatoms. The van der Waals surface area contributed by atoms with Crippen LogP contribution < -0.4 is 10.6 Å². The Morgan fingerprint density at radius 1 is 0.897 bits per heavy atom. The number of aliphatic hydroxyl groups is 5. The number of hydrogen-bond donors (Lipinski definition) is 7. The van der Waals surface area contributed by atoms with Gasteiger partial charge >= 0.3 is 0 Å². The monoisotopic (exact) mass is 586 g/mol. The molecule has 2 aliphatic rings. The molecule has 2 amide bonds. The second-order valence-corrected chi connectivity index (χ2v) is 12.2. The molecule has 0 aromatic carbocycles. The van der Waals surface area contributed by atoms with E-state index in [0.717, 1.165) is 0 Å². The minimum Gasteiger partial charge on any atom is -0.394 e. The molecule has 2 rings (SSSR count). The average molecular weight is 587 g/mol. The van der Waals surface area contributed by atoms with Gasteiger partial charge in [0.1, 0.15) is 61.3 Å². The minimum atomic E-state index is -1.58. The van der Waals surface area contributed by atoms with Gasteiger partial charge in [-0.25, -0.2) is 0 Å². The van der Waals surface area contributed by atoms with Crippen molar-refractivity contribution in [2.45, 2.75) is 89.0 Å². The van der Waals surface area contributed by atoms with E-state index in [1.54, 1.807) is 0 Å². The molecule has 0 saturated carbocycles. The lowest BCUT2D eigenvalue weighted by molar-refractivity contribution is -0.277. The number of nitrogens with one attached hydrogen (secondary N) is 2. The maximum absolute atomic E-state index is 12.6. The fourth-order valence-electron chi connectivity index (χ4n) is 3.97. The lowest BCUT2D eigenvalue weighted by atomic mass is 9.96. The average Bonchev–Trinajstić information content (AvgIpc) is 2.84. The van der Waals surface area contributed by atoms with Crippen molar-refractivity contribution in [2.24, 2.45) is 5.41 Å². The van der Waals surface area contributed by atoms with Crippen molar-refractivity contribution >= 4 is 22.6 Å². The van der Waals surface area contributed by atoms with Crippen molar-refractivity contribution < 1.29 is 63.0 Å². The normalized spacial score (nSPS) is 36.3. The van der Waals surface area contributed by atoms with E-state index in [0.29, 0.717) is 0 Å². The first-order chi connectivity index (χ1) is 18.1. The highest BCUT2D eigenvalue weighted by Gasteiger charge is 2.47. The Balaban J connectivity index is 1.98. The van der Waals surface area contributed by atoms with Crippen LogP contribution in [-0.4, -0.2) is 141 Å². The quantitative estimate of drug-likeness (QED) is 0.117. The summed E-state index contributed by atoms with van der Waals surface area (Å²) in [6.07, 6.45) is -9.42. The zero-order valence-corrected chi connectivity index (χ0v) is 23.5. The van der Waals surface area contributed by atoms with Crippen LogP contribution in [-0.2, 0) is 44.1 Å². The van der Waals surface area contributed by atoms with Crippen molar-refractivity contribution in [3.8, 4) is 0 Å². The highest BCUT2D eigenvalue weighted by Crippen LogP contribution is 2.25. The summed E-state index contributed by atoms with van der Waals surface area (Å²) in [6.45, 7) is 5.67. The molecule has 0 aromatic rings. The first-order valence-electron chi connectivity index (χ1n) is 12.5. The molecule has 15 nitrogen and oxygen atoms in total. The van der Waals surface area contributed by atoms with Gasteiger partial charge in [0.2, 0.25) is 11.8 Å². The molecule has 9 unspecified atom stereocenters. The Labute approximate surface area is 229 Å². The van der Waals surface area contributed by atoms with E-state index < -0.39 is 97.1 Å². The molecular weight excluding hydrogens is 544 g/mol. The Morgan fingerprint density at radius 3 is 1.97 bits per heavy atom. The van der Waals surface area contributed by atoms with Crippen molar-refractivity contribution in [1.82, 2.24) is 10.6 Å². The molecule has 39 heavy (non-hydrogen) atoms. The van der Waals surface area contributed by atoms with Gasteiger partial charge in [0.05, 0.1) is 19.8 Å². The summed E-state index contributed by atoms with van der Waals surface area (Å²) in [6, 6.07) is -2.33. The summed E-state index contributed by atoms with van der Waals surface area (Å²) in [4.78, 5) is 24.2. The Bertz CT molecular complexity index is 828. The van der Waals surface area contributed by atoms with E-state index in [1.165, 1.54) is 13.2 Å². The van der Waals surface area contributed by atoms with Gasteiger partial charge in [0, 0.05) is 24.0 Å². The van der Waals surface area contributed by atoms with Crippen LogP contribution in [0.2, 0.25) is 0 Å². The summed E-state index contributed by atoms with van der Waals surface area (Å²) in [5.74, 6) is -1.50. The van der Waals surface area contributed by atoms with Crippen LogP contribution in [0.1, 0.15) is 27.7 Å². The zero-order valence-electron chi connectivity index (χ0n) is 22.7. The lowest BCUT2D eigenvalue weighted by Crippen LogP contribution is -2.65. The molecule has 7 N–H and O–H groups in total. The van der Waals surface area contributed by atoms with Crippen LogP contribution in [0.4, 0.5) is 0 Å². The van der Waals surface area contributed by atoms with E-state index in [-0.39, 0.29) is 24.6 Å². The van der Waals surface area contributed by atoms with Crippen molar-refractivity contribution in [3.63, 3.8) is 0 Å². The second-order valence-electron chi connectivity index (χ2n) is 10.8. The third-order valence-corrected chi connectivity index (χ3v) is 6.34.